The van der Waals surface area contributed by atoms with Crippen LogP contribution in [0.15, 0.2) is 42.6 Å². The lowest BCUT2D eigenvalue weighted by Crippen LogP contribution is -2.30. The fourth-order valence-corrected chi connectivity index (χ4v) is 2.06. The number of nitrogens with one attached hydrogen (secondary N) is 1. The van der Waals surface area contributed by atoms with E-state index in [-0.39, 0.29) is 17.3 Å². The third-order valence-electron chi connectivity index (χ3n) is 3.26. The number of hydrogen-bond donors (Lipinski definition) is 1. The zero-order valence-electron chi connectivity index (χ0n) is 13.8. The van der Waals surface area contributed by atoms with Crippen molar-refractivity contribution in [2.24, 2.45) is 0 Å². The maximum atomic E-state index is 12.8. The van der Waals surface area contributed by atoms with Crippen molar-refractivity contribution in [3.8, 4) is 5.88 Å². The number of rotatable bonds is 8. The maximum absolute atomic E-state index is 12.8. The number of nitrogens with zero attached hydrogens (tertiary/aromatic N) is 1. The second kappa shape index (κ2) is 9.36. The molecule has 0 aliphatic heterocycles. The van der Waals surface area contributed by atoms with Crippen molar-refractivity contribution in [1.29, 1.82) is 0 Å². The van der Waals surface area contributed by atoms with E-state index in [1.165, 1.54) is 24.4 Å². The van der Waals surface area contributed by atoms with Crippen molar-refractivity contribution >= 4 is 11.9 Å². The molecule has 132 valence electrons. The van der Waals surface area contributed by atoms with E-state index in [4.69, 9.17) is 9.47 Å². The monoisotopic (exact) mass is 346 g/mol. The van der Waals surface area contributed by atoms with Gasteiger partial charge in [0.25, 0.3) is 5.91 Å². The number of pyridine rings is 1. The highest BCUT2D eigenvalue weighted by Gasteiger charge is 2.16. The zero-order valence-corrected chi connectivity index (χ0v) is 13.8. The van der Waals surface area contributed by atoms with Crippen molar-refractivity contribution in [2.75, 3.05) is 19.8 Å². The smallest absolute Gasteiger partial charge is 0.344 e. The number of amides is 1. The van der Waals surface area contributed by atoms with Crippen molar-refractivity contribution in [2.45, 2.75) is 13.3 Å². The molecule has 1 heterocycles. The van der Waals surface area contributed by atoms with E-state index < -0.39 is 18.5 Å². The second-order valence-electron chi connectivity index (χ2n) is 5.09. The lowest BCUT2D eigenvalue weighted by Gasteiger charge is -2.09. The average molecular weight is 346 g/mol. The van der Waals surface area contributed by atoms with Crippen LogP contribution in [0.25, 0.3) is 0 Å². The summed E-state index contributed by atoms with van der Waals surface area (Å²) < 4.78 is 23.0. The molecule has 0 fully saturated rings. The van der Waals surface area contributed by atoms with Crippen LogP contribution in [0, 0.1) is 5.82 Å². The molecule has 1 aromatic heterocycles. The first-order valence-corrected chi connectivity index (χ1v) is 7.86. The molecule has 1 N–H and O–H groups in total. The van der Waals surface area contributed by atoms with Crippen LogP contribution in [-0.2, 0) is 16.0 Å². The molecule has 1 aromatic carbocycles. The van der Waals surface area contributed by atoms with E-state index in [1.807, 2.05) is 0 Å². The Morgan fingerprint density at radius 2 is 1.96 bits per heavy atom. The predicted molar refractivity (Wildman–Crippen MR) is 88.8 cm³/mol. The molecule has 0 unspecified atom stereocenters. The van der Waals surface area contributed by atoms with Gasteiger partial charge in [-0.15, -0.1) is 0 Å². The molecule has 2 rings (SSSR count). The third-order valence-corrected chi connectivity index (χ3v) is 3.26. The minimum Gasteiger partial charge on any atom is -0.477 e. The SMILES string of the molecule is CCOc1ncccc1C(=O)OCC(=O)NCCc1ccc(F)cc1. The number of hydrogen-bond acceptors (Lipinski definition) is 5. The fourth-order valence-electron chi connectivity index (χ4n) is 2.06. The highest BCUT2D eigenvalue weighted by Crippen LogP contribution is 2.15. The summed E-state index contributed by atoms with van der Waals surface area (Å²) in [6.07, 6.45) is 2.06. The first-order valence-electron chi connectivity index (χ1n) is 7.86. The van der Waals surface area contributed by atoms with Crippen LogP contribution in [0.5, 0.6) is 5.88 Å². The van der Waals surface area contributed by atoms with E-state index in [2.05, 4.69) is 10.3 Å². The summed E-state index contributed by atoms with van der Waals surface area (Å²) in [7, 11) is 0. The van der Waals surface area contributed by atoms with Crippen LogP contribution < -0.4 is 10.1 Å². The van der Waals surface area contributed by atoms with E-state index in [0.29, 0.717) is 19.6 Å². The Kier molecular flexibility index (Phi) is 6.88. The maximum Gasteiger partial charge on any atom is 0.344 e. The molecule has 0 saturated heterocycles. The summed E-state index contributed by atoms with van der Waals surface area (Å²) in [5.74, 6) is -1.23. The molecule has 0 spiro atoms. The van der Waals surface area contributed by atoms with Crippen LogP contribution in [0.2, 0.25) is 0 Å². The molecule has 6 nitrogen and oxygen atoms in total. The van der Waals surface area contributed by atoms with Gasteiger partial charge >= 0.3 is 5.97 Å². The van der Waals surface area contributed by atoms with Crippen molar-refractivity contribution in [3.63, 3.8) is 0 Å². The van der Waals surface area contributed by atoms with Gasteiger partial charge in [0.05, 0.1) is 6.61 Å². The number of esters is 1. The van der Waals surface area contributed by atoms with Gasteiger partial charge in [0.15, 0.2) is 6.61 Å². The molecule has 0 saturated carbocycles. The van der Waals surface area contributed by atoms with Crippen LogP contribution in [-0.4, -0.2) is 36.6 Å². The van der Waals surface area contributed by atoms with Gasteiger partial charge in [-0.05, 0) is 43.2 Å². The van der Waals surface area contributed by atoms with Crippen molar-refractivity contribution in [1.82, 2.24) is 10.3 Å². The molecule has 1 amide bonds. The minimum absolute atomic E-state index is 0.170. The van der Waals surface area contributed by atoms with Crippen molar-refractivity contribution in [3.05, 3.63) is 59.5 Å². The van der Waals surface area contributed by atoms with E-state index >= 15 is 0 Å². The van der Waals surface area contributed by atoms with Gasteiger partial charge in [-0.25, -0.2) is 14.2 Å². The van der Waals surface area contributed by atoms with Gasteiger partial charge in [0, 0.05) is 12.7 Å². The Morgan fingerprint density at radius 3 is 2.68 bits per heavy atom. The molecular formula is C18H19FN2O4. The normalized spacial score (nSPS) is 10.2. The summed E-state index contributed by atoms with van der Waals surface area (Å²) in [4.78, 5) is 27.7. The number of ether oxygens (including phenoxy) is 2. The molecule has 7 heteroatoms. The lowest BCUT2D eigenvalue weighted by molar-refractivity contribution is -0.124. The topological polar surface area (TPSA) is 77.5 Å². The van der Waals surface area contributed by atoms with E-state index in [9.17, 15) is 14.0 Å². The molecule has 0 aliphatic carbocycles. The second-order valence-corrected chi connectivity index (χ2v) is 5.09. The fraction of sp³-hybridized carbons (Fsp3) is 0.278. The number of carbonyl (C=O) groups excluding carboxylic acids is 2. The number of halogens is 1. The Morgan fingerprint density at radius 1 is 1.20 bits per heavy atom. The lowest BCUT2D eigenvalue weighted by atomic mass is 10.1. The molecule has 0 aliphatic rings. The quantitative estimate of drug-likeness (QED) is 0.741. The number of benzene rings is 1. The minimum atomic E-state index is -0.676. The Bertz CT molecular complexity index is 719. The van der Waals surface area contributed by atoms with E-state index in [0.717, 1.165) is 5.56 Å². The summed E-state index contributed by atoms with van der Waals surface area (Å²) in [6, 6.07) is 9.14. The number of carbonyl (C=O) groups is 2. The molecule has 0 radical (unpaired) electrons. The molecular weight excluding hydrogens is 327 g/mol. The summed E-state index contributed by atoms with van der Waals surface area (Å²) in [5.41, 5.74) is 1.07. The largest absolute Gasteiger partial charge is 0.477 e. The highest BCUT2D eigenvalue weighted by atomic mass is 19.1. The van der Waals surface area contributed by atoms with Crippen molar-refractivity contribution < 1.29 is 23.5 Å². The molecule has 0 atom stereocenters. The summed E-state index contributed by atoms with van der Waals surface area (Å²) in [6.45, 7) is 2.10. The first kappa shape index (κ1) is 18.4. The van der Waals surface area contributed by atoms with Gasteiger partial charge in [0.2, 0.25) is 5.88 Å². The van der Waals surface area contributed by atoms with E-state index in [1.54, 1.807) is 25.1 Å². The number of aromatic nitrogens is 1. The van der Waals surface area contributed by atoms with Crippen LogP contribution in [0.4, 0.5) is 4.39 Å². The van der Waals surface area contributed by atoms with Crippen LogP contribution in [0.1, 0.15) is 22.8 Å². The molecule has 25 heavy (non-hydrogen) atoms. The van der Waals surface area contributed by atoms with Gasteiger partial charge < -0.3 is 14.8 Å². The van der Waals surface area contributed by atoms with Gasteiger partial charge in [-0.3, -0.25) is 4.79 Å². The Labute approximate surface area is 145 Å². The van der Waals surface area contributed by atoms with Gasteiger partial charge in [0.1, 0.15) is 11.4 Å². The van der Waals surface area contributed by atoms with Gasteiger partial charge in [-0.2, -0.15) is 0 Å². The Hall–Kier alpha value is -2.96. The van der Waals surface area contributed by atoms with Crippen LogP contribution in [0.3, 0.4) is 0 Å². The standard InChI is InChI=1S/C18H19FN2O4/c1-2-24-17-15(4-3-10-21-17)18(23)25-12-16(22)20-11-9-13-5-7-14(19)8-6-13/h3-8,10H,2,9,11-12H2,1H3,(H,20,22). The average Bonchev–Trinajstić information content (AvgIpc) is 2.62. The summed E-state index contributed by atoms with van der Waals surface area (Å²) >= 11 is 0. The Balaban J connectivity index is 1.76. The zero-order chi connectivity index (χ0) is 18.1. The third kappa shape index (κ3) is 5.87. The molecule has 0 bridgehead atoms. The summed E-state index contributed by atoms with van der Waals surface area (Å²) in [5, 5.41) is 2.64. The molecule has 2 aromatic rings. The predicted octanol–water partition coefficient (Wildman–Crippen LogP) is 2.14. The first-order chi connectivity index (χ1) is 12.1. The highest BCUT2D eigenvalue weighted by molar-refractivity contribution is 5.93. The van der Waals surface area contributed by atoms with Crippen LogP contribution >= 0.6 is 0 Å². The van der Waals surface area contributed by atoms with Gasteiger partial charge in [-0.1, -0.05) is 12.1 Å².